The third-order valence-corrected chi connectivity index (χ3v) is 2.58. The minimum absolute atomic E-state index is 0.321. The van der Waals surface area contributed by atoms with Crippen molar-refractivity contribution in [3.63, 3.8) is 0 Å². The van der Waals surface area contributed by atoms with Crippen molar-refractivity contribution in [2.75, 3.05) is 13.2 Å². The maximum Gasteiger partial charge on any atom is 0.217 e. The first-order chi connectivity index (χ1) is 8.01. The topological polar surface area (TPSA) is 108 Å². The third kappa shape index (κ3) is 3.36. The number of amides is 1. The molecule has 0 bridgehead atoms. The molecule has 4 N–H and O–H groups in total. The SMILES string of the molecule is CCO[C@@H]1OC(CO)[C@H](O)C(O)C1NC(C)=O. The Kier molecular flexibility index (Phi) is 5.29. The lowest BCUT2D eigenvalue weighted by Gasteiger charge is -2.42. The fourth-order valence-corrected chi connectivity index (χ4v) is 1.78. The first-order valence-corrected chi connectivity index (χ1v) is 5.52. The molecule has 1 amide bonds. The van der Waals surface area contributed by atoms with Gasteiger partial charge >= 0.3 is 0 Å². The maximum absolute atomic E-state index is 11.0. The predicted molar refractivity (Wildman–Crippen MR) is 57.0 cm³/mol. The van der Waals surface area contributed by atoms with Crippen LogP contribution in [0.15, 0.2) is 0 Å². The number of hydrogen-bond acceptors (Lipinski definition) is 6. The van der Waals surface area contributed by atoms with Gasteiger partial charge in [-0.1, -0.05) is 0 Å². The van der Waals surface area contributed by atoms with Gasteiger partial charge in [0.2, 0.25) is 5.91 Å². The summed E-state index contributed by atoms with van der Waals surface area (Å²) >= 11 is 0. The average Bonchev–Trinajstić information content (AvgIpc) is 2.28. The second kappa shape index (κ2) is 6.27. The van der Waals surface area contributed by atoms with Crippen molar-refractivity contribution in [2.45, 2.75) is 44.5 Å². The summed E-state index contributed by atoms with van der Waals surface area (Å²) in [5.74, 6) is -0.364. The van der Waals surface area contributed by atoms with E-state index in [9.17, 15) is 15.0 Å². The number of nitrogens with one attached hydrogen (secondary N) is 1. The van der Waals surface area contributed by atoms with E-state index in [-0.39, 0.29) is 5.91 Å². The number of ether oxygens (including phenoxy) is 2. The van der Waals surface area contributed by atoms with Crippen molar-refractivity contribution in [3.8, 4) is 0 Å². The monoisotopic (exact) mass is 249 g/mol. The molecule has 0 saturated carbocycles. The summed E-state index contributed by atoms with van der Waals surface area (Å²) < 4.78 is 10.5. The predicted octanol–water partition coefficient (Wildman–Crippen LogP) is -2.03. The molecule has 5 atom stereocenters. The van der Waals surface area contributed by atoms with Crippen LogP contribution in [0.4, 0.5) is 0 Å². The molecule has 0 aromatic rings. The largest absolute Gasteiger partial charge is 0.394 e. The van der Waals surface area contributed by atoms with E-state index >= 15 is 0 Å². The molecular weight excluding hydrogens is 230 g/mol. The molecule has 0 spiro atoms. The summed E-state index contributed by atoms with van der Waals surface area (Å²) in [5.41, 5.74) is 0. The Bertz CT molecular complexity index is 261. The molecule has 17 heavy (non-hydrogen) atoms. The Hall–Kier alpha value is -0.730. The Morgan fingerprint density at radius 2 is 2.06 bits per heavy atom. The summed E-state index contributed by atoms with van der Waals surface area (Å²) in [6.45, 7) is 2.91. The highest BCUT2D eigenvalue weighted by molar-refractivity contribution is 5.73. The van der Waals surface area contributed by atoms with Gasteiger partial charge in [0.15, 0.2) is 6.29 Å². The van der Waals surface area contributed by atoms with Gasteiger partial charge in [0.25, 0.3) is 0 Å². The smallest absolute Gasteiger partial charge is 0.217 e. The van der Waals surface area contributed by atoms with Crippen molar-refractivity contribution in [1.29, 1.82) is 0 Å². The lowest BCUT2D eigenvalue weighted by molar-refractivity contribution is -0.268. The molecule has 0 aromatic carbocycles. The van der Waals surface area contributed by atoms with Crippen molar-refractivity contribution in [2.24, 2.45) is 0 Å². The molecule has 0 aromatic heterocycles. The molecule has 1 aliphatic rings. The number of carbonyl (C=O) groups excluding carboxylic acids is 1. The van der Waals surface area contributed by atoms with E-state index in [0.717, 1.165) is 0 Å². The normalized spacial score (nSPS) is 37.8. The van der Waals surface area contributed by atoms with Crippen LogP contribution in [0.3, 0.4) is 0 Å². The van der Waals surface area contributed by atoms with Crippen molar-refractivity contribution in [3.05, 3.63) is 0 Å². The van der Waals surface area contributed by atoms with Crippen LogP contribution in [0.5, 0.6) is 0 Å². The van der Waals surface area contributed by atoms with E-state index in [2.05, 4.69) is 5.32 Å². The van der Waals surface area contributed by atoms with Crippen LogP contribution >= 0.6 is 0 Å². The summed E-state index contributed by atoms with van der Waals surface area (Å²) in [6.07, 6.45) is -4.33. The van der Waals surface area contributed by atoms with Gasteiger partial charge in [0.1, 0.15) is 24.4 Å². The fourth-order valence-electron chi connectivity index (χ4n) is 1.78. The van der Waals surface area contributed by atoms with Gasteiger partial charge in [-0.25, -0.2) is 0 Å². The number of rotatable bonds is 4. The maximum atomic E-state index is 11.0. The Balaban J connectivity index is 2.78. The van der Waals surface area contributed by atoms with E-state index in [1.54, 1.807) is 6.92 Å². The summed E-state index contributed by atoms with van der Waals surface area (Å²) in [5, 5.41) is 31.0. The standard InChI is InChI=1S/C10H19NO6/c1-3-16-10-7(11-5(2)13)9(15)8(14)6(4-12)17-10/h6-10,12,14-15H,3-4H2,1-2H3,(H,11,13)/t6?,7?,8-,9?,10+/m0/s1. The molecule has 7 nitrogen and oxygen atoms in total. The van der Waals surface area contributed by atoms with Gasteiger partial charge in [-0.05, 0) is 6.92 Å². The zero-order valence-corrected chi connectivity index (χ0v) is 9.87. The fraction of sp³-hybridized carbons (Fsp3) is 0.900. The zero-order chi connectivity index (χ0) is 13.0. The van der Waals surface area contributed by atoms with Gasteiger partial charge in [0.05, 0.1) is 6.61 Å². The second-order valence-corrected chi connectivity index (χ2v) is 3.89. The van der Waals surface area contributed by atoms with Gasteiger partial charge in [-0.3, -0.25) is 4.79 Å². The number of aliphatic hydroxyl groups excluding tert-OH is 3. The van der Waals surface area contributed by atoms with Crippen LogP contribution in [0, 0.1) is 0 Å². The molecule has 7 heteroatoms. The highest BCUT2D eigenvalue weighted by Crippen LogP contribution is 2.21. The van der Waals surface area contributed by atoms with Gasteiger partial charge in [0, 0.05) is 13.5 Å². The van der Waals surface area contributed by atoms with Gasteiger partial charge in [-0.15, -0.1) is 0 Å². The Morgan fingerprint density at radius 3 is 2.53 bits per heavy atom. The molecule has 0 aliphatic carbocycles. The van der Waals surface area contributed by atoms with Crippen LogP contribution < -0.4 is 5.32 Å². The van der Waals surface area contributed by atoms with Crippen molar-refractivity contribution in [1.82, 2.24) is 5.32 Å². The van der Waals surface area contributed by atoms with Crippen LogP contribution in [0.25, 0.3) is 0 Å². The number of carbonyl (C=O) groups is 1. The third-order valence-electron chi connectivity index (χ3n) is 2.58. The highest BCUT2D eigenvalue weighted by Gasteiger charge is 2.45. The van der Waals surface area contributed by atoms with E-state index in [0.29, 0.717) is 6.61 Å². The molecule has 1 aliphatic heterocycles. The number of hydrogen-bond donors (Lipinski definition) is 4. The van der Waals surface area contributed by atoms with Crippen LogP contribution in [-0.4, -0.2) is 65.1 Å². The molecule has 0 radical (unpaired) electrons. The summed E-state index contributed by atoms with van der Waals surface area (Å²) in [4.78, 5) is 11.0. The van der Waals surface area contributed by atoms with E-state index in [4.69, 9.17) is 14.6 Å². The lowest BCUT2D eigenvalue weighted by atomic mass is 9.97. The second-order valence-electron chi connectivity index (χ2n) is 3.89. The van der Waals surface area contributed by atoms with E-state index < -0.39 is 37.3 Å². The molecule has 3 unspecified atom stereocenters. The van der Waals surface area contributed by atoms with E-state index in [1.807, 2.05) is 0 Å². The van der Waals surface area contributed by atoms with Crippen LogP contribution in [0.2, 0.25) is 0 Å². The lowest BCUT2D eigenvalue weighted by Crippen LogP contribution is -2.64. The molecule has 1 rings (SSSR count). The van der Waals surface area contributed by atoms with Gasteiger partial charge < -0.3 is 30.1 Å². The zero-order valence-electron chi connectivity index (χ0n) is 9.87. The summed E-state index contributed by atoms with van der Waals surface area (Å²) in [6, 6.07) is -0.856. The van der Waals surface area contributed by atoms with E-state index in [1.165, 1.54) is 6.92 Å². The minimum Gasteiger partial charge on any atom is -0.394 e. The van der Waals surface area contributed by atoms with Crippen LogP contribution in [-0.2, 0) is 14.3 Å². The quantitative estimate of drug-likeness (QED) is 0.457. The first-order valence-electron chi connectivity index (χ1n) is 5.52. The average molecular weight is 249 g/mol. The molecule has 1 saturated heterocycles. The Labute approximate surface area is 99.3 Å². The molecule has 100 valence electrons. The Morgan fingerprint density at radius 1 is 1.41 bits per heavy atom. The minimum atomic E-state index is -1.27. The molecular formula is C10H19NO6. The van der Waals surface area contributed by atoms with Crippen LogP contribution in [0.1, 0.15) is 13.8 Å². The first kappa shape index (κ1) is 14.3. The summed E-state index contributed by atoms with van der Waals surface area (Å²) in [7, 11) is 0. The highest BCUT2D eigenvalue weighted by atomic mass is 16.7. The molecule has 1 heterocycles. The van der Waals surface area contributed by atoms with Crippen molar-refractivity contribution < 1.29 is 29.6 Å². The number of aliphatic hydroxyl groups is 3. The molecule has 1 fully saturated rings. The van der Waals surface area contributed by atoms with Gasteiger partial charge in [-0.2, -0.15) is 0 Å². The van der Waals surface area contributed by atoms with Crippen molar-refractivity contribution >= 4 is 5.91 Å².